The molecule has 0 saturated carbocycles. The zero-order valence-electron chi connectivity index (χ0n) is 8.90. The molecule has 0 aliphatic carbocycles. The van der Waals surface area contributed by atoms with Gasteiger partial charge >= 0.3 is 5.97 Å². The summed E-state index contributed by atoms with van der Waals surface area (Å²) in [5.74, 6) is 0.0465. The number of carboxylic acids is 1. The average molecular weight is 209 g/mol. The van der Waals surface area contributed by atoms with E-state index in [0.717, 1.165) is 5.82 Å². The molecule has 0 aliphatic rings. The SMILES string of the molecule is C/C(=C/CNCc1nccn1C)C(=O)O. The van der Waals surface area contributed by atoms with E-state index < -0.39 is 5.97 Å². The van der Waals surface area contributed by atoms with Crippen LogP contribution in [0.25, 0.3) is 0 Å². The molecule has 0 saturated heterocycles. The maximum absolute atomic E-state index is 10.5. The van der Waals surface area contributed by atoms with Crippen molar-refractivity contribution >= 4 is 5.97 Å². The molecule has 5 nitrogen and oxygen atoms in total. The molecular formula is C10H15N3O2. The second kappa shape index (κ2) is 5.31. The van der Waals surface area contributed by atoms with Gasteiger partial charge in [-0.3, -0.25) is 0 Å². The fourth-order valence-corrected chi connectivity index (χ4v) is 1.06. The third-order valence-corrected chi connectivity index (χ3v) is 2.09. The summed E-state index contributed by atoms with van der Waals surface area (Å²) in [6.45, 7) is 2.74. The molecule has 1 rings (SSSR count). The summed E-state index contributed by atoms with van der Waals surface area (Å²) in [5, 5.41) is 11.7. The van der Waals surface area contributed by atoms with Crippen molar-refractivity contribution in [3.05, 3.63) is 29.9 Å². The van der Waals surface area contributed by atoms with Gasteiger partial charge in [-0.25, -0.2) is 9.78 Å². The first-order valence-corrected chi connectivity index (χ1v) is 4.68. The standard InChI is InChI=1S/C10H15N3O2/c1-8(10(14)15)3-4-11-7-9-12-5-6-13(9)2/h3,5-6,11H,4,7H2,1-2H3,(H,14,15)/b8-3-. The van der Waals surface area contributed by atoms with E-state index in [1.807, 2.05) is 17.8 Å². The summed E-state index contributed by atoms with van der Waals surface area (Å²) < 4.78 is 1.92. The van der Waals surface area contributed by atoms with Crippen LogP contribution in [0.2, 0.25) is 0 Å². The van der Waals surface area contributed by atoms with Crippen LogP contribution in [0.3, 0.4) is 0 Å². The van der Waals surface area contributed by atoms with Gasteiger partial charge in [0.2, 0.25) is 0 Å². The van der Waals surface area contributed by atoms with Crippen molar-refractivity contribution in [3.8, 4) is 0 Å². The van der Waals surface area contributed by atoms with Crippen LogP contribution in [0.4, 0.5) is 0 Å². The van der Waals surface area contributed by atoms with Gasteiger partial charge < -0.3 is 15.0 Å². The van der Waals surface area contributed by atoms with Gasteiger partial charge in [0.25, 0.3) is 0 Å². The number of aromatic nitrogens is 2. The Bertz CT molecular complexity index is 368. The predicted molar refractivity (Wildman–Crippen MR) is 56.3 cm³/mol. The molecule has 82 valence electrons. The van der Waals surface area contributed by atoms with Crippen LogP contribution < -0.4 is 5.32 Å². The minimum Gasteiger partial charge on any atom is -0.478 e. The van der Waals surface area contributed by atoms with Crippen molar-refractivity contribution in [1.29, 1.82) is 0 Å². The second-order valence-corrected chi connectivity index (χ2v) is 3.28. The lowest BCUT2D eigenvalue weighted by atomic mass is 10.3. The maximum atomic E-state index is 10.5. The normalized spacial score (nSPS) is 11.7. The van der Waals surface area contributed by atoms with Crippen LogP contribution in [0.5, 0.6) is 0 Å². The second-order valence-electron chi connectivity index (χ2n) is 3.28. The van der Waals surface area contributed by atoms with Gasteiger partial charge in [0.05, 0.1) is 6.54 Å². The number of rotatable bonds is 5. The number of imidazole rings is 1. The third kappa shape index (κ3) is 3.55. The number of carboxylic acid groups (broad SMARTS) is 1. The van der Waals surface area contributed by atoms with Gasteiger partial charge in [0.15, 0.2) is 0 Å². The van der Waals surface area contributed by atoms with E-state index in [1.54, 1.807) is 19.2 Å². The van der Waals surface area contributed by atoms with Crippen molar-refractivity contribution in [2.24, 2.45) is 7.05 Å². The van der Waals surface area contributed by atoms with E-state index in [4.69, 9.17) is 5.11 Å². The van der Waals surface area contributed by atoms with Crippen LogP contribution in [-0.4, -0.2) is 27.2 Å². The largest absolute Gasteiger partial charge is 0.478 e. The number of aryl methyl sites for hydroxylation is 1. The molecule has 15 heavy (non-hydrogen) atoms. The average Bonchev–Trinajstić information content (AvgIpc) is 2.58. The highest BCUT2D eigenvalue weighted by Crippen LogP contribution is 1.94. The Labute approximate surface area is 88.4 Å². The molecule has 0 fully saturated rings. The Morgan fingerprint density at radius 1 is 1.73 bits per heavy atom. The Morgan fingerprint density at radius 3 is 3.00 bits per heavy atom. The van der Waals surface area contributed by atoms with Crippen LogP contribution in [0.15, 0.2) is 24.0 Å². The highest BCUT2D eigenvalue weighted by molar-refractivity contribution is 5.85. The molecular weight excluding hydrogens is 194 g/mol. The zero-order valence-corrected chi connectivity index (χ0v) is 8.90. The third-order valence-electron chi connectivity index (χ3n) is 2.09. The van der Waals surface area contributed by atoms with Gasteiger partial charge in [0, 0.05) is 31.6 Å². The Hall–Kier alpha value is -1.62. The Morgan fingerprint density at radius 2 is 2.47 bits per heavy atom. The summed E-state index contributed by atoms with van der Waals surface area (Å²) in [5.41, 5.74) is 0.349. The number of aliphatic carboxylic acids is 1. The molecule has 0 aromatic carbocycles. The first-order valence-electron chi connectivity index (χ1n) is 4.68. The molecule has 1 aromatic rings. The molecule has 0 spiro atoms. The van der Waals surface area contributed by atoms with Crippen molar-refractivity contribution in [3.63, 3.8) is 0 Å². The van der Waals surface area contributed by atoms with Crippen LogP contribution in [0.1, 0.15) is 12.7 Å². The van der Waals surface area contributed by atoms with Crippen LogP contribution in [0, 0.1) is 0 Å². The summed E-state index contributed by atoms with van der Waals surface area (Å²) in [4.78, 5) is 14.6. The highest BCUT2D eigenvalue weighted by atomic mass is 16.4. The number of hydrogen-bond acceptors (Lipinski definition) is 3. The van der Waals surface area contributed by atoms with E-state index in [0.29, 0.717) is 18.7 Å². The van der Waals surface area contributed by atoms with Crippen molar-refractivity contribution < 1.29 is 9.90 Å². The smallest absolute Gasteiger partial charge is 0.330 e. The van der Waals surface area contributed by atoms with E-state index in [-0.39, 0.29) is 0 Å². The lowest BCUT2D eigenvalue weighted by molar-refractivity contribution is -0.132. The lowest BCUT2D eigenvalue weighted by Crippen LogP contribution is -2.16. The van der Waals surface area contributed by atoms with E-state index in [2.05, 4.69) is 10.3 Å². The maximum Gasteiger partial charge on any atom is 0.330 e. The molecule has 2 N–H and O–H groups in total. The van der Waals surface area contributed by atoms with Crippen molar-refractivity contribution in [2.75, 3.05) is 6.54 Å². The molecule has 0 unspecified atom stereocenters. The number of carbonyl (C=O) groups is 1. The van der Waals surface area contributed by atoms with Crippen molar-refractivity contribution in [1.82, 2.24) is 14.9 Å². The first-order chi connectivity index (χ1) is 7.11. The van der Waals surface area contributed by atoms with Gasteiger partial charge in [0.1, 0.15) is 5.82 Å². The summed E-state index contributed by atoms with van der Waals surface area (Å²) >= 11 is 0. The zero-order chi connectivity index (χ0) is 11.3. The van der Waals surface area contributed by atoms with Gasteiger partial charge in [-0.2, -0.15) is 0 Å². The van der Waals surface area contributed by atoms with E-state index in [9.17, 15) is 4.79 Å². The molecule has 1 heterocycles. The molecule has 0 atom stereocenters. The van der Waals surface area contributed by atoms with Crippen molar-refractivity contribution in [2.45, 2.75) is 13.5 Å². The minimum absolute atomic E-state index is 0.349. The molecule has 0 amide bonds. The number of nitrogens with one attached hydrogen (secondary N) is 1. The summed E-state index contributed by atoms with van der Waals surface area (Å²) in [7, 11) is 1.92. The van der Waals surface area contributed by atoms with Gasteiger partial charge in [-0.1, -0.05) is 6.08 Å². The monoisotopic (exact) mass is 209 g/mol. The molecule has 0 aliphatic heterocycles. The predicted octanol–water partition coefficient (Wildman–Crippen LogP) is 0.541. The van der Waals surface area contributed by atoms with Crippen LogP contribution in [-0.2, 0) is 18.4 Å². The van der Waals surface area contributed by atoms with Crippen LogP contribution >= 0.6 is 0 Å². The quantitative estimate of drug-likeness (QED) is 0.548. The molecule has 0 radical (unpaired) electrons. The highest BCUT2D eigenvalue weighted by Gasteiger charge is 1.99. The van der Waals surface area contributed by atoms with Gasteiger partial charge in [-0.15, -0.1) is 0 Å². The summed E-state index contributed by atoms with van der Waals surface area (Å²) in [6.07, 6.45) is 5.25. The van der Waals surface area contributed by atoms with E-state index >= 15 is 0 Å². The lowest BCUT2D eigenvalue weighted by Gasteiger charge is -2.02. The van der Waals surface area contributed by atoms with E-state index in [1.165, 1.54) is 0 Å². The Kier molecular flexibility index (Phi) is 4.05. The number of nitrogens with zero attached hydrogens (tertiary/aromatic N) is 2. The number of hydrogen-bond donors (Lipinski definition) is 2. The fourth-order valence-electron chi connectivity index (χ4n) is 1.06. The summed E-state index contributed by atoms with van der Waals surface area (Å²) in [6, 6.07) is 0. The molecule has 0 bridgehead atoms. The van der Waals surface area contributed by atoms with Gasteiger partial charge in [-0.05, 0) is 6.92 Å². The Balaban J connectivity index is 2.32. The minimum atomic E-state index is -0.881. The topological polar surface area (TPSA) is 67.2 Å². The first kappa shape index (κ1) is 11.5. The molecule has 5 heteroatoms. The molecule has 1 aromatic heterocycles. The fraction of sp³-hybridized carbons (Fsp3) is 0.400.